The maximum Gasteiger partial charge on any atom is 0.149 e. The Hall–Kier alpha value is -0.410. The summed E-state index contributed by atoms with van der Waals surface area (Å²) in [6.45, 7) is 2.56. The Labute approximate surface area is 60.0 Å². The zero-order valence-electron chi connectivity index (χ0n) is 6.20. The van der Waals surface area contributed by atoms with Crippen molar-refractivity contribution >= 4 is 5.78 Å². The van der Waals surface area contributed by atoms with Crippen LogP contribution in [0.5, 0.6) is 0 Å². The van der Waals surface area contributed by atoms with E-state index in [0.29, 0.717) is 6.10 Å². The molecule has 2 aliphatic rings. The first-order valence-corrected chi connectivity index (χ1v) is 3.56. The highest BCUT2D eigenvalue weighted by Crippen LogP contribution is 2.35. The molecule has 0 aromatic carbocycles. The summed E-state index contributed by atoms with van der Waals surface area (Å²) in [5.41, 5.74) is 0. The van der Waals surface area contributed by atoms with Gasteiger partial charge in [-0.3, -0.25) is 9.69 Å². The van der Waals surface area contributed by atoms with Gasteiger partial charge in [-0.2, -0.15) is 0 Å². The molecule has 0 aliphatic carbocycles. The Balaban J connectivity index is 2.12. The number of hydrogen-bond acceptors (Lipinski definition) is 3. The lowest BCUT2D eigenvalue weighted by atomic mass is 10.1. The number of morpholine rings is 1. The molecule has 0 radical (unpaired) electrons. The summed E-state index contributed by atoms with van der Waals surface area (Å²) in [6, 6.07) is 0.0463. The van der Waals surface area contributed by atoms with Crippen LogP contribution in [-0.4, -0.2) is 42.5 Å². The number of likely N-dealkylation sites (tertiary alicyclic amines) is 1. The molecule has 0 amide bonds. The van der Waals surface area contributed by atoms with Crippen molar-refractivity contribution in [1.82, 2.24) is 4.90 Å². The van der Waals surface area contributed by atoms with E-state index >= 15 is 0 Å². The monoisotopic (exact) mass is 141 g/mol. The Morgan fingerprint density at radius 1 is 1.70 bits per heavy atom. The summed E-state index contributed by atoms with van der Waals surface area (Å²) in [5, 5.41) is 0. The molecular weight excluding hydrogens is 130 g/mol. The average molecular weight is 141 g/mol. The number of likely N-dealkylation sites (N-methyl/N-ethyl adjacent to an activating group) is 1. The maximum atomic E-state index is 11.0. The van der Waals surface area contributed by atoms with Crippen molar-refractivity contribution in [2.75, 3.05) is 13.6 Å². The molecule has 0 saturated carbocycles. The van der Waals surface area contributed by atoms with E-state index in [-0.39, 0.29) is 17.9 Å². The van der Waals surface area contributed by atoms with E-state index in [1.165, 1.54) is 0 Å². The third-order valence-corrected chi connectivity index (χ3v) is 2.29. The molecule has 3 nitrogen and oxygen atoms in total. The minimum absolute atomic E-state index is 0.0463. The van der Waals surface area contributed by atoms with Gasteiger partial charge >= 0.3 is 0 Å². The number of ketones is 1. The number of fused-ring (bicyclic) bond motifs is 1. The van der Waals surface area contributed by atoms with Crippen LogP contribution in [-0.2, 0) is 9.53 Å². The van der Waals surface area contributed by atoms with Gasteiger partial charge in [-0.15, -0.1) is 0 Å². The third kappa shape index (κ3) is 0.707. The summed E-state index contributed by atoms with van der Waals surface area (Å²) in [4.78, 5) is 13.0. The SMILES string of the molecule is CC(=O)C1C2OC2CN1C. The third-order valence-electron chi connectivity index (χ3n) is 2.29. The van der Waals surface area contributed by atoms with Gasteiger partial charge in [0.15, 0.2) is 0 Å². The quantitative estimate of drug-likeness (QED) is 0.468. The van der Waals surface area contributed by atoms with Crippen molar-refractivity contribution < 1.29 is 9.53 Å². The van der Waals surface area contributed by atoms with Gasteiger partial charge in [0.25, 0.3) is 0 Å². The standard InChI is InChI=1S/C7H11NO2/c1-4(9)6-7-5(10-7)3-8(6)2/h5-7H,3H2,1-2H3. The highest BCUT2D eigenvalue weighted by molar-refractivity contribution is 5.83. The lowest BCUT2D eigenvalue weighted by Crippen LogP contribution is -2.37. The van der Waals surface area contributed by atoms with Crippen LogP contribution >= 0.6 is 0 Å². The first-order valence-electron chi connectivity index (χ1n) is 3.56. The van der Waals surface area contributed by atoms with Crippen molar-refractivity contribution in [3.8, 4) is 0 Å². The Bertz CT molecular complexity index is 178. The van der Waals surface area contributed by atoms with Gasteiger partial charge < -0.3 is 4.74 Å². The second kappa shape index (κ2) is 1.80. The number of carbonyl (C=O) groups is 1. The summed E-state index contributed by atoms with van der Waals surface area (Å²) in [6.07, 6.45) is 0.585. The zero-order valence-corrected chi connectivity index (χ0v) is 6.20. The predicted octanol–water partition coefficient (Wildman–Crippen LogP) is -0.343. The van der Waals surface area contributed by atoms with Crippen LogP contribution in [0.15, 0.2) is 0 Å². The minimum atomic E-state index is 0.0463. The fourth-order valence-electron chi connectivity index (χ4n) is 1.77. The van der Waals surface area contributed by atoms with Gasteiger partial charge in [-0.1, -0.05) is 0 Å². The number of ether oxygens (including phenoxy) is 1. The topological polar surface area (TPSA) is 32.8 Å². The van der Waals surface area contributed by atoms with Crippen LogP contribution in [0.1, 0.15) is 6.92 Å². The van der Waals surface area contributed by atoms with Crippen molar-refractivity contribution in [3.05, 3.63) is 0 Å². The van der Waals surface area contributed by atoms with E-state index in [0.717, 1.165) is 6.54 Å². The Morgan fingerprint density at radius 3 is 2.70 bits per heavy atom. The number of epoxide rings is 1. The van der Waals surface area contributed by atoms with Crippen molar-refractivity contribution in [2.24, 2.45) is 0 Å². The van der Waals surface area contributed by atoms with Crippen LogP contribution in [0.25, 0.3) is 0 Å². The van der Waals surface area contributed by atoms with Gasteiger partial charge in [0.2, 0.25) is 0 Å². The molecule has 56 valence electrons. The van der Waals surface area contributed by atoms with Gasteiger partial charge in [-0.25, -0.2) is 0 Å². The van der Waals surface area contributed by atoms with E-state index in [4.69, 9.17) is 4.74 Å². The minimum Gasteiger partial charge on any atom is -0.366 e. The number of Topliss-reactive ketones (excluding diaryl/α,β-unsaturated/α-hetero) is 1. The maximum absolute atomic E-state index is 11.0. The molecule has 3 heteroatoms. The fraction of sp³-hybridized carbons (Fsp3) is 0.857. The van der Waals surface area contributed by atoms with Crippen molar-refractivity contribution in [2.45, 2.75) is 25.2 Å². The van der Waals surface area contributed by atoms with Crippen molar-refractivity contribution in [3.63, 3.8) is 0 Å². The largest absolute Gasteiger partial charge is 0.366 e. The van der Waals surface area contributed by atoms with E-state index < -0.39 is 0 Å². The lowest BCUT2D eigenvalue weighted by molar-refractivity contribution is -0.122. The van der Waals surface area contributed by atoms with E-state index in [1.54, 1.807) is 6.92 Å². The van der Waals surface area contributed by atoms with Crippen LogP contribution in [0, 0.1) is 0 Å². The molecule has 2 fully saturated rings. The van der Waals surface area contributed by atoms with Crippen molar-refractivity contribution in [1.29, 1.82) is 0 Å². The van der Waals surface area contributed by atoms with E-state index in [9.17, 15) is 4.79 Å². The predicted molar refractivity (Wildman–Crippen MR) is 35.8 cm³/mol. The summed E-state index contributed by atoms with van der Waals surface area (Å²) >= 11 is 0. The molecule has 0 aromatic rings. The van der Waals surface area contributed by atoms with E-state index in [1.807, 2.05) is 7.05 Å². The highest BCUT2D eigenvalue weighted by Gasteiger charge is 2.55. The molecule has 0 aromatic heterocycles. The summed E-state index contributed by atoms with van der Waals surface area (Å²) < 4.78 is 5.23. The number of hydrogen-bond donors (Lipinski definition) is 0. The Kier molecular flexibility index (Phi) is 1.13. The molecule has 2 saturated heterocycles. The number of nitrogens with zero attached hydrogens (tertiary/aromatic N) is 1. The first kappa shape index (κ1) is 6.31. The second-order valence-corrected chi connectivity index (χ2v) is 3.13. The molecule has 2 aliphatic heterocycles. The molecule has 3 atom stereocenters. The molecule has 2 heterocycles. The van der Waals surface area contributed by atoms with Gasteiger partial charge in [0, 0.05) is 6.54 Å². The van der Waals surface area contributed by atoms with Crippen LogP contribution < -0.4 is 0 Å². The molecular formula is C7H11NO2. The highest BCUT2D eigenvalue weighted by atomic mass is 16.6. The summed E-state index contributed by atoms with van der Waals surface area (Å²) in [5.74, 6) is 0.229. The van der Waals surface area contributed by atoms with Crippen LogP contribution in [0.4, 0.5) is 0 Å². The smallest absolute Gasteiger partial charge is 0.149 e. The Morgan fingerprint density at radius 2 is 2.40 bits per heavy atom. The molecule has 0 spiro atoms. The average Bonchev–Trinajstić information content (AvgIpc) is 2.42. The first-order chi connectivity index (χ1) is 4.70. The zero-order chi connectivity index (χ0) is 7.30. The number of carbonyl (C=O) groups excluding carboxylic acids is 1. The normalized spacial score (nSPS) is 45.2. The van der Waals surface area contributed by atoms with Gasteiger partial charge in [-0.05, 0) is 14.0 Å². The number of rotatable bonds is 1. The van der Waals surface area contributed by atoms with Gasteiger partial charge in [0.05, 0.1) is 12.1 Å². The molecule has 0 bridgehead atoms. The van der Waals surface area contributed by atoms with E-state index in [2.05, 4.69) is 4.90 Å². The molecule has 0 N–H and O–H groups in total. The second-order valence-electron chi connectivity index (χ2n) is 3.13. The summed E-state index contributed by atoms with van der Waals surface area (Å²) in [7, 11) is 1.97. The fourth-order valence-corrected chi connectivity index (χ4v) is 1.77. The molecule has 2 rings (SSSR count). The lowest BCUT2D eigenvalue weighted by Gasteiger charge is -2.18. The van der Waals surface area contributed by atoms with Crippen LogP contribution in [0.3, 0.4) is 0 Å². The molecule has 10 heavy (non-hydrogen) atoms. The van der Waals surface area contributed by atoms with Gasteiger partial charge in [0.1, 0.15) is 11.9 Å². The van der Waals surface area contributed by atoms with Crippen LogP contribution in [0.2, 0.25) is 0 Å². The molecule has 3 unspecified atom stereocenters.